The number of imide groups is 1. The minimum atomic E-state index is -4.15. The van der Waals surface area contributed by atoms with Gasteiger partial charge in [0, 0.05) is 19.5 Å². The van der Waals surface area contributed by atoms with E-state index in [1.807, 2.05) is 91.0 Å². The molecule has 1 aliphatic heterocycles. The van der Waals surface area contributed by atoms with Gasteiger partial charge < -0.3 is 14.9 Å². The summed E-state index contributed by atoms with van der Waals surface area (Å²) in [7, 11) is -4.15. The number of nitrogens with one attached hydrogen (secondary N) is 1. The monoisotopic (exact) mass is 548 g/mol. The van der Waals surface area contributed by atoms with Crippen LogP contribution in [0.5, 0.6) is 0 Å². The van der Waals surface area contributed by atoms with Gasteiger partial charge in [-0.3, -0.25) is 14.2 Å². The molecule has 2 N–H and O–H groups in total. The molecule has 204 valence electrons. The molecule has 1 fully saturated rings. The van der Waals surface area contributed by atoms with Crippen LogP contribution in [0, 0.1) is 5.92 Å². The quantitative estimate of drug-likeness (QED) is 0.343. The van der Waals surface area contributed by atoms with Crippen molar-refractivity contribution >= 4 is 25.3 Å². The number of carbonyl (C=O) groups excluding carboxylic acids is 3. The fourth-order valence-corrected chi connectivity index (χ4v) is 6.95. The highest BCUT2D eigenvalue weighted by molar-refractivity contribution is 7.58. The Morgan fingerprint density at radius 2 is 1.44 bits per heavy atom. The first-order valence-electron chi connectivity index (χ1n) is 12.9. The summed E-state index contributed by atoms with van der Waals surface area (Å²) in [6.07, 6.45) is -0.460. The van der Waals surface area contributed by atoms with Gasteiger partial charge in [0.2, 0.25) is 19.2 Å². The number of nitrogens with zero attached hydrogens (tertiary/aromatic N) is 1. The Balaban J connectivity index is 1.62. The maximum Gasteiger partial charge on any atom is 0.416 e. The van der Waals surface area contributed by atoms with Crippen LogP contribution >= 0.6 is 7.37 Å². The van der Waals surface area contributed by atoms with Crippen LogP contribution in [0.1, 0.15) is 23.6 Å². The number of rotatable bonds is 11. The highest BCUT2D eigenvalue weighted by atomic mass is 31.2. The zero-order valence-electron chi connectivity index (χ0n) is 21.8. The van der Waals surface area contributed by atoms with Crippen molar-refractivity contribution in [3.63, 3.8) is 0 Å². The van der Waals surface area contributed by atoms with Gasteiger partial charge in [-0.2, -0.15) is 0 Å². The number of amides is 3. The van der Waals surface area contributed by atoms with E-state index in [0.29, 0.717) is 6.42 Å². The number of carbonyl (C=O) groups is 3. The van der Waals surface area contributed by atoms with Crippen molar-refractivity contribution in [1.82, 2.24) is 10.2 Å². The van der Waals surface area contributed by atoms with E-state index in [9.17, 15) is 23.8 Å². The normalized spacial score (nSPS) is 18.1. The van der Waals surface area contributed by atoms with Gasteiger partial charge in [0.1, 0.15) is 12.4 Å². The van der Waals surface area contributed by atoms with E-state index in [1.54, 1.807) is 0 Å². The highest BCUT2D eigenvalue weighted by Gasteiger charge is 2.44. The molecule has 0 saturated carbocycles. The summed E-state index contributed by atoms with van der Waals surface area (Å²) in [5.74, 6) is -3.08. The lowest BCUT2D eigenvalue weighted by atomic mass is 9.98. The molecule has 3 amide bonds. The molecule has 0 spiro atoms. The van der Waals surface area contributed by atoms with E-state index < -0.39 is 49.2 Å². The fourth-order valence-electron chi connectivity index (χ4n) is 4.90. The summed E-state index contributed by atoms with van der Waals surface area (Å²) in [5.41, 5.74) is 2.52. The van der Waals surface area contributed by atoms with E-state index in [0.717, 1.165) is 21.6 Å². The molecule has 3 aromatic rings. The first-order chi connectivity index (χ1) is 18.7. The van der Waals surface area contributed by atoms with Crippen LogP contribution < -0.4 is 5.32 Å². The van der Waals surface area contributed by atoms with Crippen molar-refractivity contribution in [1.29, 1.82) is 0 Å². The van der Waals surface area contributed by atoms with Crippen LogP contribution in [0.3, 0.4) is 0 Å². The number of benzene rings is 3. The molecule has 0 aliphatic carbocycles. The third-order valence-corrected chi connectivity index (χ3v) is 9.05. The van der Waals surface area contributed by atoms with Gasteiger partial charge in [-0.25, -0.2) is 9.69 Å². The van der Waals surface area contributed by atoms with Crippen LogP contribution in [-0.4, -0.2) is 52.3 Å². The zero-order valence-corrected chi connectivity index (χ0v) is 22.7. The van der Waals surface area contributed by atoms with E-state index in [2.05, 4.69) is 5.32 Å². The molecular weight excluding hydrogens is 515 g/mol. The molecule has 8 nitrogen and oxygen atoms in total. The molecule has 1 saturated heterocycles. The van der Waals surface area contributed by atoms with Gasteiger partial charge >= 0.3 is 6.09 Å². The van der Waals surface area contributed by atoms with Gasteiger partial charge in [0.25, 0.3) is 0 Å². The highest BCUT2D eigenvalue weighted by Crippen LogP contribution is 2.49. The minimum Gasteiger partial charge on any atom is -0.447 e. The van der Waals surface area contributed by atoms with Crippen LogP contribution in [0.2, 0.25) is 0 Å². The van der Waals surface area contributed by atoms with Gasteiger partial charge in [-0.1, -0.05) is 91.0 Å². The molecule has 2 unspecified atom stereocenters. The maximum absolute atomic E-state index is 13.9. The van der Waals surface area contributed by atoms with E-state index in [-0.39, 0.29) is 19.4 Å². The molecule has 0 aromatic heterocycles. The third-order valence-electron chi connectivity index (χ3n) is 6.80. The lowest BCUT2D eigenvalue weighted by Crippen LogP contribution is -2.46. The largest absolute Gasteiger partial charge is 0.447 e. The number of hydrogen-bond acceptors (Lipinski definition) is 5. The average Bonchev–Trinajstić information content (AvgIpc) is 3.28. The molecule has 3 aromatic carbocycles. The summed E-state index contributed by atoms with van der Waals surface area (Å²) < 4.78 is 19.1. The Morgan fingerprint density at radius 3 is 1.97 bits per heavy atom. The van der Waals surface area contributed by atoms with Crippen molar-refractivity contribution in [3.8, 4) is 0 Å². The molecule has 0 radical (unpaired) electrons. The van der Waals surface area contributed by atoms with E-state index in [4.69, 9.17) is 4.74 Å². The molecule has 9 heteroatoms. The number of cyclic esters (lactones) is 1. The standard InChI is InChI=1S/C30H33N2O6P/c1-22(33)31-28(19-25-15-9-4-10-16-25)39(36,37)21-26(17-23-11-5-2-6-12-23)29(34)32-27(20-38-30(32)35)18-24-13-7-3-8-14-24/h2-16,26-28H,17-21H2,1H3,(H,31,33)(H,36,37)/t26-,27-,28?/m0/s1. The lowest BCUT2D eigenvalue weighted by molar-refractivity contribution is -0.132. The second-order valence-electron chi connectivity index (χ2n) is 9.86. The average molecular weight is 549 g/mol. The first-order valence-corrected chi connectivity index (χ1v) is 14.8. The Morgan fingerprint density at radius 1 is 0.923 bits per heavy atom. The molecule has 1 heterocycles. The molecule has 0 bridgehead atoms. The van der Waals surface area contributed by atoms with Gasteiger partial charge in [-0.05, 0) is 29.5 Å². The predicted octanol–water partition coefficient (Wildman–Crippen LogP) is 4.41. The summed E-state index contributed by atoms with van der Waals surface area (Å²) in [5, 5.41) is 2.63. The van der Waals surface area contributed by atoms with E-state index >= 15 is 0 Å². The zero-order chi connectivity index (χ0) is 27.8. The van der Waals surface area contributed by atoms with Crippen molar-refractivity contribution in [3.05, 3.63) is 108 Å². The molecular formula is C30H33N2O6P. The second-order valence-corrected chi connectivity index (χ2v) is 12.4. The van der Waals surface area contributed by atoms with E-state index in [1.165, 1.54) is 6.92 Å². The van der Waals surface area contributed by atoms with Crippen LogP contribution in [-0.2, 0) is 38.2 Å². The number of hydrogen-bond donors (Lipinski definition) is 2. The SMILES string of the molecule is CC(=O)NC(Cc1ccccc1)P(=O)(O)C[C@H](Cc1ccccc1)C(=O)N1C(=O)OC[C@@H]1Cc1ccccc1. The Hall–Kier alpha value is -3.74. The fraction of sp³-hybridized carbons (Fsp3) is 0.300. The van der Waals surface area contributed by atoms with Crippen molar-refractivity contribution in [2.24, 2.45) is 5.92 Å². The van der Waals surface area contributed by atoms with Crippen LogP contribution in [0.25, 0.3) is 0 Å². The maximum atomic E-state index is 13.9. The van der Waals surface area contributed by atoms with Crippen LogP contribution in [0.15, 0.2) is 91.0 Å². The lowest BCUT2D eigenvalue weighted by Gasteiger charge is -2.29. The molecule has 39 heavy (non-hydrogen) atoms. The third kappa shape index (κ3) is 7.65. The second kappa shape index (κ2) is 12.9. The van der Waals surface area contributed by atoms with Gasteiger partial charge in [0.15, 0.2) is 0 Å². The Labute approximate surface area is 228 Å². The van der Waals surface area contributed by atoms with Gasteiger partial charge in [0.05, 0.1) is 12.0 Å². The summed E-state index contributed by atoms with van der Waals surface area (Å²) in [4.78, 5) is 51.1. The Bertz CT molecular complexity index is 1320. The van der Waals surface area contributed by atoms with Crippen molar-refractivity contribution in [2.45, 2.75) is 38.0 Å². The Kier molecular flexibility index (Phi) is 9.33. The minimum absolute atomic E-state index is 0.0524. The first kappa shape index (κ1) is 28.3. The predicted molar refractivity (Wildman–Crippen MR) is 148 cm³/mol. The van der Waals surface area contributed by atoms with Gasteiger partial charge in [-0.15, -0.1) is 0 Å². The molecule has 1 aliphatic rings. The molecule has 4 rings (SSSR count). The number of ether oxygens (including phenoxy) is 1. The smallest absolute Gasteiger partial charge is 0.416 e. The van der Waals surface area contributed by atoms with Crippen LogP contribution in [0.4, 0.5) is 4.79 Å². The summed E-state index contributed by atoms with van der Waals surface area (Å²) in [6, 6.07) is 27.2. The summed E-state index contributed by atoms with van der Waals surface area (Å²) in [6.45, 7) is 1.34. The van der Waals surface area contributed by atoms with Crippen molar-refractivity contribution < 1.29 is 28.6 Å². The molecule has 4 atom stereocenters. The van der Waals surface area contributed by atoms with Crippen molar-refractivity contribution in [2.75, 3.05) is 12.8 Å². The topological polar surface area (TPSA) is 113 Å². The summed E-state index contributed by atoms with van der Waals surface area (Å²) >= 11 is 0.